The Morgan fingerprint density at radius 1 is 0.636 bits per heavy atom. The molecule has 0 amide bonds. The summed E-state index contributed by atoms with van der Waals surface area (Å²) in [6, 6.07) is 27.8. The molecule has 173 valence electrons. The Hall–Kier alpha value is -1.06. The molecule has 4 rings (SSSR count). The van der Waals surface area contributed by atoms with Gasteiger partial charge < -0.3 is 0 Å². The third kappa shape index (κ3) is 5.45. The molecule has 0 aliphatic heterocycles. The van der Waals surface area contributed by atoms with Crippen molar-refractivity contribution in [3.8, 4) is 0 Å². The van der Waals surface area contributed by atoms with Crippen molar-refractivity contribution in [3.05, 3.63) is 110 Å². The van der Waals surface area contributed by atoms with Crippen LogP contribution < -0.4 is 15.6 Å². The van der Waals surface area contributed by atoms with Crippen LogP contribution in [0, 0.1) is 26.7 Å². The van der Waals surface area contributed by atoms with E-state index in [-0.39, 0.29) is 37.2 Å². The molecule has 0 bridgehead atoms. The van der Waals surface area contributed by atoms with Gasteiger partial charge in [0.05, 0.1) is 0 Å². The SMILES string of the molecule is CC1=[C]([Ti])C(C)C=C1[Si](c1cccc(C)c1)(c1cccc(C)c1)c1cccc(C)c1.Cl.Cl.Cl. The molecule has 33 heavy (non-hydrogen) atoms. The molecular formula is C28H32Cl3SiTi. The van der Waals surface area contributed by atoms with E-state index < -0.39 is 8.07 Å². The maximum atomic E-state index is 2.56. The maximum Gasteiger partial charge on any atom is -0.147 e. The molecule has 0 fully saturated rings. The van der Waals surface area contributed by atoms with Gasteiger partial charge in [0.2, 0.25) is 0 Å². The van der Waals surface area contributed by atoms with E-state index >= 15 is 0 Å². The van der Waals surface area contributed by atoms with Gasteiger partial charge in [-0.1, -0.05) is 0 Å². The molecule has 0 saturated carbocycles. The second kappa shape index (κ2) is 12.1. The van der Waals surface area contributed by atoms with Crippen LogP contribution >= 0.6 is 37.2 Å². The zero-order valence-corrected chi connectivity index (χ0v) is 24.8. The van der Waals surface area contributed by atoms with E-state index in [4.69, 9.17) is 0 Å². The zero-order chi connectivity index (χ0) is 21.5. The van der Waals surface area contributed by atoms with Gasteiger partial charge in [0.15, 0.2) is 0 Å². The van der Waals surface area contributed by atoms with Crippen molar-refractivity contribution >= 4 is 60.9 Å². The monoisotopic (exact) mass is 549 g/mol. The van der Waals surface area contributed by atoms with Crippen LogP contribution in [0.4, 0.5) is 0 Å². The number of aryl methyl sites for hydroxylation is 3. The van der Waals surface area contributed by atoms with Crippen LogP contribution in [-0.4, -0.2) is 8.07 Å². The fourth-order valence-corrected chi connectivity index (χ4v) is 11.0. The van der Waals surface area contributed by atoms with Gasteiger partial charge >= 0.3 is 195 Å². The second-order valence-corrected chi connectivity index (χ2v) is 13.4. The van der Waals surface area contributed by atoms with E-state index in [1.165, 1.54) is 41.7 Å². The van der Waals surface area contributed by atoms with Gasteiger partial charge in [0.25, 0.3) is 0 Å². The van der Waals surface area contributed by atoms with Crippen molar-refractivity contribution in [3.63, 3.8) is 0 Å². The van der Waals surface area contributed by atoms with Crippen molar-refractivity contribution in [2.45, 2.75) is 34.6 Å². The van der Waals surface area contributed by atoms with Crippen LogP contribution in [0.3, 0.4) is 0 Å². The quantitative estimate of drug-likeness (QED) is 0.265. The van der Waals surface area contributed by atoms with Gasteiger partial charge in [0.1, 0.15) is 0 Å². The molecule has 3 aromatic carbocycles. The Morgan fingerprint density at radius 3 is 1.27 bits per heavy atom. The van der Waals surface area contributed by atoms with Crippen LogP contribution in [0.25, 0.3) is 0 Å². The van der Waals surface area contributed by atoms with Gasteiger partial charge in [-0.2, -0.15) is 0 Å². The van der Waals surface area contributed by atoms with Gasteiger partial charge in [-0.05, 0) is 0 Å². The number of hydrogen-bond donors (Lipinski definition) is 0. The first-order chi connectivity index (χ1) is 14.3. The average Bonchev–Trinajstić information content (AvgIpc) is 2.97. The number of benzene rings is 3. The molecule has 0 radical (unpaired) electrons. The van der Waals surface area contributed by atoms with E-state index in [9.17, 15) is 0 Å². The Bertz CT molecular complexity index is 1070. The van der Waals surface area contributed by atoms with E-state index in [1.54, 1.807) is 5.20 Å². The first-order valence-corrected chi connectivity index (χ1v) is 13.5. The maximum absolute atomic E-state index is 2.56. The number of allylic oxidation sites excluding steroid dienone is 4. The molecule has 0 spiro atoms. The number of rotatable bonds is 4. The van der Waals surface area contributed by atoms with Crippen molar-refractivity contribution in [1.29, 1.82) is 0 Å². The summed E-state index contributed by atoms with van der Waals surface area (Å²) >= 11 is 2.31. The van der Waals surface area contributed by atoms with E-state index in [1.807, 2.05) is 0 Å². The Balaban J connectivity index is 0.00000181. The Morgan fingerprint density at radius 2 is 1.00 bits per heavy atom. The van der Waals surface area contributed by atoms with Crippen molar-refractivity contribution in [2.24, 2.45) is 5.92 Å². The summed E-state index contributed by atoms with van der Waals surface area (Å²) in [7, 11) is -2.43. The van der Waals surface area contributed by atoms with E-state index in [2.05, 4.69) is 134 Å². The summed E-state index contributed by atoms with van der Waals surface area (Å²) in [6.45, 7) is 11.3. The Labute approximate surface area is 230 Å². The molecule has 1 aliphatic rings. The predicted molar refractivity (Wildman–Crippen MR) is 150 cm³/mol. The van der Waals surface area contributed by atoms with Crippen LogP contribution in [-0.2, 0) is 20.4 Å². The zero-order valence-electron chi connectivity index (χ0n) is 19.8. The molecule has 1 atom stereocenters. The fourth-order valence-electron chi connectivity index (χ4n) is 4.95. The van der Waals surface area contributed by atoms with Crippen LogP contribution in [0.2, 0.25) is 0 Å². The fraction of sp³-hybridized carbons (Fsp3) is 0.214. The van der Waals surface area contributed by atoms with E-state index in [0.29, 0.717) is 5.92 Å². The van der Waals surface area contributed by atoms with Crippen LogP contribution in [0.1, 0.15) is 30.5 Å². The minimum atomic E-state index is -2.43. The average molecular weight is 551 g/mol. The molecule has 1 unspecified atom stereocenters. The normalized spacial score (nSPS) is 15.2. The molecule has 0 aromatic heterocycles. The van der Waals surface area contributed by atoms with Gasteiger partial charge in [-0.15, -0.1) is 37.2 Å². The molecule has 0 heterocycles. The van der Waals surface area contributed by atoms with Crippen LogP contribution in [0.5, 0.6) is 0 Å². The molecule has 1 aliphatic carbocycles. The smallest absolute Gasteiger partial charge is 0.147 e. The summed E-state index contributed by atoms with van der Waals surface area (Å²) in [5.41, 5.74) is 5.47. The van der Waals surface area contributed by atoms with Crippen molar-refractivity contribution in [2.75, 3.05) is 0 Å². The van der Waals surface area contributed by atoms with Gasteiger partial charge in [0, 0.05) is 0 Å². The second-order valence-electron chi connectivity index (χ2n) is 8.77. The number of halogens is 3. The molecular weight excluding hydrogens is 519 g/mol. The van der Waals surface area contributed by atoms with Crippen molar-refractivity contribution in [1.82, 2.24) is 0 Å². The first-order valence-electron chi connectivity index (χ1n) is 10.7. The Kier molecular flexibility index (Phi) is 11.0. The largest absolute Gasteiger partial charge is 0.147 e. The number of hydrogen-bond acceptors (Lipinski definition) is 0. The minimum Gasteiger partial charge on any atom is -0.147 e. The predicted octanol–water partition coefficient (Wildman–Crippen LogP) is 6.28. The summed E-state index contributed by atoms with van der Waals surface area (Å²) in [4.78, 5) is 0. The molecule has 0 saturated heterocycles. The van der Waals surface area contributed by atoms with Crippen LogP contribution in [0.15, 0.2) is 93.5 Å². The standard InChI is InChI=1S/C28H29Si.3ClH.Ti/c1-20-9-6-12-25(16-20)29(26-13-7-10-21(2)17-26,27-14-8-11-22(3)18-27)28-19-23(4)15-24(28)5;;;;/h6-14,16-19,23H,1-5H3;3*1H;. The molecule has 5 heteroatoms. The molecule has 3 aromatic rings. The topological polar surface area (TPSA) is 0 Å². The first kappa shape index (κ1) is 30.0. The minimum absolute atomic E-state index is 0. The summed E-state index contributed by atoms with van der Waals surface area (Å²) in [5, 5.41) is 6.00. The summed E-state index contributed by atoms with van der Waals surface area (Å²) in [6.07, 6.45) is 2.56. The summed E-state index contributed by atoms with van der Waals surface area (Å²) < 4.78 is 1.51. The third-order valence-corrected chi connectivity index (χ3v) is 12.6. The molecule has 0 nitrogen and oxygen atoms in total. The van der Waals surface area contributed by atoms with Gasteiger partial charge in [-0.25, -0.2) is 0 Å². The van der Waals surface area contributed by atoms with E-state index in [0.717, 1.165) is 0 Å². The van der Waals surface area contributed by atoms with Gasteiger partial charge in [-0.3, -0.25) is 0 Å². The third-order valence-electron chi connectivity index (χ3n) is 6.44. The summed E-state index contributed by atoms with van der Waals surface area (Å²) in [5.74, 6) is 0.492. The molecule has 0 N–H and O–H groups in total. The van der Waals surface area contributed by atoms with Crippen molar-refractivity contribution < 1.29 is 20.4 Å².